The van der Waals surface area contributed by atoms with Crippen LogP contribution in [0.1, 0.15) is 10.4 Å². The van der Waals surface area contributed by atoms with Crippen LogP contribution in [-0.4, -0.2) is 33.1 Å². The number of Topliss-reactive ketones (excluding diaryl/α,β-unsaturated/α-hetero) is 1. The molecule has 0 aromatic heterocycles. The summed E-state index contributed by atoms with van der Waals surface area (Å²) in [5, 5.41) is 3.09. The van der Waals surface area contributed by atoms with Crippen LogP contribution in [0.15, 0.2) is 18.2 Å². The lowest BCUT2D eigenvalue weighted by Crippen LogP contribution is -2.46. The molecular formula is C12H15NO3. The first kappa shape index (κ1) is 11.0. The largest absolute Gasteiger partial charge is 0.493 e. The number of hydrogen-bond donors (Lipinski definition) is 1. The van der Waals surface area contributed by atoms with Crippen LogP contribution in [0, 0.1) is 5.92 Å². The molecular weight excluding hydrogens is 206 g/mol. The zero-order valence-corrected chi connectivity index (χ0v) is 9.45. The summed E-state index contributed by atoms with van der Waals surface area (Å²) >= 11 is 0. The smallest absolute Gasteiger partial charge is 0.168 e. The van der Waals surface area contributed by atoms with Gasteiger partial charge in [-0.05, 0) is 18.2 Å². The van der Waals surface area contributed by atoms with Gasteiger partial charge in [0.25, 0.3) is 0 Å². The first-order valence-corrected chi connectivity index (χ1v) is 5.23. The average Bonchev–Trinajstić information content (AvgIpc) is 2.25. The molecule has 1 aromatic carbocycles. The first-order chi connectivity index (χ1) is 7.76. The number of carbonyl (C=O) groups is 1. The van der Waals surface area contributed by atoms with Gasteiger partial charge in [-0.2, -0.15) is 0 Å². The van der Waals surface area contributed by atoms with E-state index < -0.39 is 0 Å². The Morgan fingerprint density at radius 1 is 1.25 bits per heavy atom. The molecule has 86 valence electrons. The van der Waals surface area contributed by atoms with Gasteiger partial charge in [-0.15, -0.1) is 0 Å². The molecule has 0 amide bonds. The van der Waals surface area contributed by atoms with Crippen LogP contribution < -0.4 is 14.8 Å². The molecule has 0 saturated carbocycles. The van der Waals surface area contributed by atoms with Gasteiger partial charge in [0.05, 0.1) is 14.2 Å². The fourth-order valence-electron chi connectivity index (χ4n) is 1.70. The van der Waals surface area contributed by atoms with Crippen molar-refractivity contribution in [2.75, 3.05) is 27.3 Å². The van der Waals surface area contributed by atoms with E-state index in [0.717, 1.165) is 13.1 Å². The van der Waals surface area contributed by atoms with Gasteiger partial charge in [0, 0.05) is 24.6 Å². The molecule has 16 heavy (non-hydrogen) atoms. The third-order valence-electron chi connectivity index (χ3n) is 2.82. The number of benzene rings is 1. The predicted molar refractivity (Wildman–Crippen MR) is 60.2 cm³/mol. The number of ketones is 1. The molecule has 4 nitrogen and oxygen atoms in total. The number of carbonyl (C=O) groups excluding carboxylic acids is 1. The maximum absolute atomic E-state index is 12.0. The molecule has 0 radical (unpaired) electrons. The van der Waals surface area contributed by atoms with Gasteiger partial charge in [-0.25, -0.2) is 0 Å². The maximum Gasteiger partial charge on any atom is 0.168 e. The second-order valence-electron chi connectivity index (χ2n) is 3.79. The van der Waals surface area contributed by atoms with Crippen molar-refractivity contribution in [1.29, 1.82) is 0 Å². The summed E-state index contributed by atoms with van der Waals surface area (Å²) in [4.78, 5) is 12.0. The zero-order chi connectivity index (χ0) is 11.5. The summed E-state index contributed by atoms with van der Waals surface area (Å²) in [5.41, 5.74) is 0.684. The van der Waals surface area contributed by atoms with E-state index >= 15 is 0 Å². The van der Waals surface area contributed by atoms with Crippen molar-refractivity contribution in [3.63, 3.8) is 0 Å². The topological polar surface area (TPSA) is 47.6 Å². The van der Waals surface area contributed by atoms with Crippen LogP contribution in [0.25, 0.3) is 0 Å². The summed E-state index contributed by atoms with van der Waals surface area (Å²) < 4.78 is 10.3. The molecule has 1 heterocycles. The van der Waals surface area contributed by atoms with Crippen molar-refractivity contribution in [3.8, 4) is 11.5 Å². The molecule has 1 N–H and O–H groups in total. The highest BCUT2D eigenvalue weighted by atomic mass is 16.5. The van der Waals surface area contributed by atoms with E-state index in [1.165, 1.54) is 0 Å². The Morgan fingerprint density at radius 3 is 2.44 bits per heavy atom. The lowest BCUT2D eigenvalue weighted by molar-refractivity contribution is 0.0877. The van der Waals surface area contributed by atoms with E-state index in [-0.39, 0.29) is 11.7 Å². The van der Waals surface area contributed by atoms with Crippen LogP contribution in [0.5, 0.6) is 11.5 Å². The summed E-state index contributed by atoms with van der Waals surface area (Å²) in [7, 11) is 3.15. The molecule has 4 heteroatoms. The molecule has 0 spiro atoms. The third kappa shape index (κ3) is 1.88. The predicted octanol–water partition coefficient (Wildman–Crippen LogP) is 1.11. The molecule has 0 aliphatic carbocycles. The van der Waals surface area contributed by atoms with Gasteiger partial charge in [0.2, 0.25) is 0 Å². The van der Waals surface area contributed by atoms with Gasteiger partial charge < -0.3 is 14.8 Å². The first-order valence-electron chi connectivity index (χ1n) is 5.23. The van der Waals surface area contributed by atoms with E-state index in [4.69, 9.17) is 9.47 Å². The van der Waals surface area contributed by atoms with Crippen molar-refractivity contribution in [3.05, 3.63) is 23.8 Å². The lowest BCUT2D eigenvalue weighted by Gasteiger charge is -2.25. The summed E-state index contributed by atoms with van der Waals surface area (Å²) in [6.45, 7) is 1.54. The Balaban J connectivity index is 2.24. The molecule has 1 fully saturated rings. The van der Waals surface area contributed by atoms with Crippen LogP contribution in [-0.2, 0) is 0 Å². The minimum absolute atomic E-state index is 0.109. The van der Waals surface area contributed by atoms with E-state index in [1.54, 1.807) is 32.4 Å². The molecule has 0 atom stereocenters. The normalized spacial score (nSPS) is 15.4. The number of nitrogens with one attached hydrogen (secondary N) is 1. The minimum Gasteiger partial charge on any atom is -0.493 e. The van der Waals surface area contributed by atoms with Gasteiger partial charge >= 0.3 is 0 Å². The Hall–Kier alpha value is -1.55. The second kappa shape index (κ2) is 4.53. The highest BCUT2D eigenvalue weighted by Gasteiger charge is 2.26. The summed E-state index contributed by atoms with van der Waals surface area (Å²) in [5.74, 6) is 1.52. The number of methoxy groups -OCH3 is 2. The lowest BCUT2D eigenvalue weighted by atomic mass is 9.93. The summed E-state index contributed by atoms with van der Waals surface area (Å²) in [6.07, 6.45) is 0. The zero-order valence-electron chi connectivity index (χ0n) is 9.45. The molecule has 2 rings (SSSR count). The summed E-state index contributed by atoms with van der Waals surface area (Å²) in [6, 6.07) is 5.28. The SMILES string of the molecule is COc1ccc(C(=O)C2CNC2)cc1OC. The van der Waals surface area contributed by atoms with Crippen LogP contribution >= 0.6 is 0 Å². The maximum atomic E-state index is 12.0. The minimum atomic E-state index is 0.109. The average molecular weight is 221 g/mol. The highest BCUT2D eigenvalue weighted by molar-refractivity contribution is 5.99. The Kier molecular flexibility index (Phi) is 3.10. The van der Waals surface area contributed by atoms with Gasteiger partial charge in [0.15, 0.2) is 17.3 Å². The molecule has 1 saturated heterocycles. The van der Waals surface area contributed by atoms with Crippen molar-refractivity contribution in [2.24, 2.45) is 5.92 Å². The van der Waals surface area contributed by atoms with E-state index in [2.05, 4.69) is 5.32 Å². The van der Waals surface area contributed by atoms with Crippen LogP contribution in [0.3, 0.4) is 0 Å². The van der Waals surface area contributed by atoms with Gasteiger partial charge in [-0.3, -0.25) is 4.79 Å². The van der Waals surface area contributed by atoms with Crippen LogP contribution in [0.2, 0.25) is 0 Å². The van der Waals surface area contributed by atoms with Crippen molar-refractivity contribution in [2.45, 2.75) is 0 Å². The van der Waals surface area contributed by atoms with E-state index in [1.807, 2.05) is 0 Å². The molecule has 1 aliphatic heterocycles. The van der Waals surface area contributed by atoms with Gasteiger partial charge in [-0.1, -0.05) is 0 Å². The number of ether oxygens (including phenoxy) is 2. The molecule has 1 aromatic rings. The molecule has 0 unspecified atom stereocenters. The number of rotatable bonds is 4. The Labute approximate surface area is 94.6 Å². The fourth-order valence-corrected chi connectivity index (χ4v) is 1.70. The van der Waals surface area contributed by atoms with Crippen molar-refractivity contribution in [1.82, 2.24) is 5.32 Å². The molecule has 0 bridgehead atoms. The quantitative estimate of drug-likeness (QED) is 0.774. The standard InChI is InChI=1S/C12H15NO3/c1-15-10-4-3-8(5-11(10)16-2)12(14)9-6-13-7-9/h3-5,9,13H,6-7H2,1-2H3. The monoisotopic (exact) mass is 221 g/mol. The van der Waals surface area contributed by atoms with Crippen molar-refractivity contribution < 1.29 is 14.3 Å². The van der Waals surface area contributed by atoms with Crippen LogP contribution in [0.4, 0.5) is 0 Å². The Morgan fingerprint density at radius 2 is 1.94 bits per heavy atom. The second-order valence-corrected chi connectivity index (χ2v) is 3.79. The third-order valence-corrected chi connectivity index (χ3v) is 2.82. The van der Waals surface area contributed by atoms with Crippen molar-refractivity contribution >= 4 is 5.78 Å². The number of hydrogen-bond acceptors (Lipinski definition) is 4. The Bertz CT molecular complexity index is 399. The van der Waals surface area contributed by atoms with Gasteiger partial charge in [0.1, 0.15) is 0 Å². The van der Waals surface area contributed by atoms with E-state index in [0.29, 0.717) is 17.1 Å². The van der Waals surface area contributed by atoms with E-state index in [9.17, 15) is 4.79 Å². The fraction of sp³-hybridized carbons (Fsp3) is 0.417. The highest BCUT2D eigenvalue weighted by Crippen LogP contribution is 2.28. The molecule has 1 aliphatic rings.